The van der Waals surface area contributed by atoms with Crippen LogP contribution in [-0.4, -0.2) is 35.1 Å². The van der Waals surface area contributed by atoms with Gasteiger partial charge in [-0.1, -0.05) is 12.8 Å². The van der Waals surface area contributed by atoms with E-state index in [4.69, 9.17) is 0 Å². The van der Waals surface area contributed by atoms with Crippen molar-refractivity contribution in [1.29, 1.82) is 0 Å². The third-order valence-electron chi connectivity index (χ3n) is 3.59. The first-order valence-corrected chi connectivity index (χ1v) is 7.62. The molecule has 0 saturated heterocycles. The summed E-state index contributed by atoms with van der Waals surface area (Å²) in [6.45, 7) is 0.384. The Bertz CT molecular complexity index is 486. The SMILES string of the molecule is CN(CC1(O)CCCC1)C(=O)c1cc(S)ccc1Br. The quantitative estimate of drug-likeness (QED) is 0.828. The highest BCUT2D eigenvalue weighted by molar-refractivity contribution is 9.10. The number of halogens is 1. The standard InChI is InChI=1S/C14H18BrNO2S/c1-16(9-14(18)6-2-3-7-14)13(17)11-8-10(19)4-5-12(11)15/h4-5,8,18-19H,2-3,6-7,9H2,1H3. The van der Waals surface area contributed by atoms with Crippen molar-refractivity contribution in [2.24, 2.45) is 0 Å². The van der Waals surface area contributed by atoms with Gasteiger partial charge in [-0.15, -0.1) is 12.6 Å². The smallest absolute Gasteiger partial charge is 0.254 e. The van der Waals surface area contributed by atoms with E-state index in [0.29, 0.717) is 12.1 Å². The lowest BCUT2D eigenvalue weighted by Crippen LogP contribution is -2.42. The molecular formula is C14H18BrNO2S. The van der Waals surface area contributed by atoms with Crippen LogP contribution in [0, 0.1) is 0 Å². The number of rotatable bonds is 3. The van der Waals surface area contributed by atoms with E-state index in [2.05, 4.69) is 28.6 Å². The number of thiol groups is 1. The van der Waals surface area contributed by atoms with Crippen molar-refractivity contribution in [1.82, 2.24) is 4.90 Å². The molecule has 1 amide bonds. The van der Waals surface area contributed by atoms with Crippen molar-refractivity contribution in [2.45, 2.75) is 36.2 Å². The van der Waals surface area contributed by atoms with E-state index < -0.39 is 5.60 Å². The molecule has 1 aliphatic rings. The van der Waals surface area contributed by atoms with Gasteiger partial charge in [0.05, 0.1) is 11.2 Å². The summed E-state index contributed by atoms with van der Waals surface area (Å²) in [7, 11) is 1.73. The maximum Gasteiger partial charge on any atom is 0.254 e. The molecular weight excluding hydrogens is 326 g/mol. The maximum absolute atomic E-state index is 12.4. The molecule has 0 aliphatic heterocycles. The monoisotopic (exact) mass is 343 g/mol. The summed E-state index contributed by atoms with van der Waals surface area (Å²) in [6.07, 6.45) is 3.62. The van der Waals surface area contributed by atoms with Crippen LogP contribution < -0.4 is 0 Å². The molecule has 1 aliphatic carbocycles. The van der Waals surface area contributed by atoms with Gasteiger partial charge in [0.1, 0.15) is 0 Å². The van der Waals surface area contributed by atoms with Gasteiger partial charge in [-0.25, -0.2) is 0 Å². The molecule has 0 atom stereocenters. The van der Waals surface area contributed by atoms with Crippen LogP contribution in [0.3, 0.4) is 0 Å². The Morgan fingerprint density at radius 2 is 2.11 bits per heavy atom. The van der Waals surface area contributed by atoms with E-state index in [9.17, 15) is 9.90 Å². The highest BCUT2D eigenvalue weighted by atomic mass is 79.9. The predicted molar refractivity (Wildman–Crippen MR) is 81.8 cm³/mol. The fraction of sp³-hybridized carbons (Fsp3) is 0.500. The zero-order valence-corrected chi connectivity index (χ0v) is 13.4. The largest absolute Gasteiger partial charge is 0.388 e. The van der Waals surface area contributed by atoms with Crippen LogP contribution >= 0.6 is 28.6 Å². The van der Waals surface area contributed by atoms with Crippen LogP contribution in [0.5, 0.6) is 0 Å². The summed E-state index contributed by atoms with van der Waals surface area (Å²) in [4.78, 5) is 14.7. The second-order valence-corrected chi connectivity index (χ2v) is 6.63. The summed E-state index contributed by atoms with van der Waals surface area (Å²) in [5.74, 6) is -0.0944. The number of benzene rings is 1. The number of hydrogen-bond donors (Lipinski definition) is 2. The zero-order chi connectivity index (χ0) is 14.0. The van der Waals surface area contributed by atoms with E-state index in [0.717, 1.165) is 35.1 Å². The first-order chi connectivity index (χ1) is 8.91. The molecule has 1 saturated carbocycles. The molecule has 1 aromatic carbocycles. The average Bonchev–Trinajstić information content (AvgIpc) is 2.78. The van der Waals surface area contributed by atoms with Gasteiger partial charge in [-0.2, -0.15) is 0 Å². The summed E-state index contributed by atoms with van der Waals surface area (Å²) in [5, 5.41) is 10.4. The fourth-order valence-corrected chi connectivity index (χ4v) is 3.21. The lowest BCUT2D eigenvalue weighted by molar-refractivity contribution is 0.0156. The second-order valence-electron chi connectivity index (χ2n) is 5.26. The Kier molecular flexibility index (Phi) is 4.58. The molecule has 0 radical (unpaired) electrons. The van der Waals surface area contributed by atoms with Crippen molar-refractivity contribution < 1.29 is 9.90 Å². The topological polar surface area (TPSA) is 40.5 Å². The summed E-state index contributed by atoms with van der Waals surface area (Å²) < 4.78 is 0.751. The first-order valence-electron chi connectivity index (χ1n) is 6.38. The van der Waals surface area contributed by atoms with Gasteiger partial charge < -0.3 is 10.0 Å². The normalized spacial score (nSPS) is 17.5. The van der Waals surface area contributed by atoms with Crippen LogP contribution in [0.4, 0.5) is 0 Å². The molecule has 0 aromatic heterocycles. The van der Waals surface area contributed by atoms with Crippen LogP contribution in [0.25, 0.3) is 0 Å². The Morgan fingerprint density at radius 3 is 2.74 bits per heavy atom. The Labute approximate surface area is 127 Å². The highest BCUT2D eigenvalue weighted by Gasteiger charge is 2.33. The third kappa shape index (κ3) is 3.52. The minimum Gasteiger partial charge on any atom is -0.388 e. The summed E-state index contributed by atoms with van der Waals surface area (Å²) in [5.41, 5.74) is -0.133. The number of amides is 1. The number of likely N-dealkylation sites (N-methyl/N-ethyl adjacent to an activating group) is 1. The molecule has 3 nitrogen and oxygen atoms in total. The Balaban J connectivity index is 2.12. The van der Waals surface area contributed by atoms with Gasteiger partial charge in [0.25, 0.3) is 5.91 Å². The average molecular weight is 344 g/mol. The Morgan fingerprint density at radius 1 is 1.47 bits per heavy atom. The number of hydrogen-bond acceptors (Lipinski definition) is 3. The van der Waals surface area contributed by atoms with Crippen molar-refractivity contribution in [3.05, 3.63) is 28.2 Å². The van der Waals surface area contributed by atoms with Gasteiger partial charge in [0, 0.05) is 23.0 Å². The van der Waals surface area contributed by atoms with Crippen LogP contribution in [-0.2, 0) is 0 Å². The minimum atomic E-state index is -0.713. The number of aliphatic hydroxyl groups is 1. The van der Waals surface area contributed by atoms with Gasteiger partial charge >= 0.3 is 0 Å². The number of nitrogens with zero attached hydrogens (tertiary/aromatic N) is 1. The van der Waals surface area contributed by atoms with Gasteiger partial charge in [0.15, 0.2) is 0 Å². The van der Waals surface area contributed by atoms with E-state index >= 15 is 0 Å². The van der Waals surface area contributed by atoms with Gasteiger partial charge in [-0.3, -0.25) is 4.79 Å². The molecule has 0 bridgehead atoms. The van der Waals surface area contributed by atoms with Crippen LogP contribution in [0.15, 0.2) is 27.6 Å². The zero-order valence-electron chi connectivity index (χ0n) is 10.9. The molecule has 19 heavy (non-hydrogen) atoms. The second kappa shape index (κ2) is 5.85. The molecule has 1 N–H and O–H groups in total. The maximum atomic E-state index is 12.4. The lowest BCUT2D eigenvalue weighted by atomic mass is 10.0. The summed E-state index contributed by atoms with van der Waals surface area (Å²) >= 11 is 7.64. The van der Waals surface area contributed by atoms with Crippen molar-refractivity contribution in [2.75, 3.05) is 13.6 Å². The van der Waals surface area contributed by atoms with E-state index in [1.807, 2.05) is 12.1 Å². The third-order valence-corrected chi connectivity index (χ3v) is 4.56. The molecule has 2 rings (SSSR count). The molecule has 0 heterocycles. The molecule has 5 heteroatoms. The molecule has 1 aromatic rings. The fourth-order valence-electron chi connectivity index (χ4n) is 2.59. The highest BCUT2D eigenvalue weighted by Crippen LogP contribution is 2.30. The molecule has 1 fully saturated rings. The van der Waals surface area contributed by atoms with E-state index in [-0.39, 0.29) is 5.91 Å². The summed E-state index contributed by atoms with van der Waals surface area (Å²) in [6, 6.07) is 5.38. The van der Waals surface area contributed by atoms with Gasteiger partial charge in [-0.05, 0) is 47.0 Å². The van der Waals surface area contributed by atoms with Crippen LogP contribution in [0.2, 0.25) is 0 Å². The van der Waals surface area contributed by atoms with Crippen LogP contribution in [0.1, 0.15) is 36.0 Å². The predicted octanol–water partition coefficient (Wildman–Crippen LogP) is 3.11. The molecule has 104 valence electrons. The van der Waals surface area contributed by atoms with Crippen molar-refractivity contribution >= 4 is 34.5 Å². The minimum absolute atomic E-state index is 0.0944. The van der Waals surface area contributed by atoms with Gasteiger partial charge in [0.2, 0.25) is 0 Å². The molecule has 0 spiro atoms. The Hall–Kier alpha value is -0.520. The van der Waals surface area contributed by atoms with Crippen molar-refractivity contribution in [3.8, 4) is 0 Å². The van der Waals surface area contributed by atoms with E-state index in [1.165, 1.54) is 0 Å². The number of carbonyl (C=O) groups is 1. The first kappa shape index (κ1) is 14.9. The number of carbonyl (C=O) groups excluding carboxylic acids is 1. The van der Waals surface area contributed by atoms with Crippen molar-refractivity contribution in [3.63, 3.8) is 0 Å². The van der Waals surface area contributed by atoms with E-state index in [1.54, 1.807) is 18.0 Å². The molecule has 0 unspecified atom stereocenters. The lowest BCUT2D eigenvalue weighted by Gasteiger charge is -2.29.